The lowest BCUT2D eigenvalue weighted by atomic mass is 10.0. The van der Waals surface area contributed by atoms with Crippen molar-refractivity contribution in [3.63, 3.8) is 0 Å². The molecular formula is C14H17FN2S. The van der Waals surface area contributed by atoms with Crippen LogP contribution in [0.25, 0.3) is 10.6 Å². The van der Waals surface area contributed by atoms with Gasteiger partial charge in [-0.3, -0.25) is 4.98 Å². The molecule has 0 amide bonds. The fourth-order valence-electron chi connectivity index (χ4n) is 1.82. The summed E-state index contributed by atoms with van der Waals surface area (Å²) in [5, 5.41) is 0.856. The number of nitrogens with zero attached hydrogens (tertiary/aromatic N) is 2. The smallest absolute Gasteiger partial charge is 0.142 e. The average molecular weight is 264 g/mol. The van der Waals surface area contributed by atoms with Crippen LogP contribution in [-0.4, -0.2) is 9.97 Å². The summed E-state index contributed by atoms with van der Waals surface area (Å²) in [4.78, 5) is 9.82. The van der Waals surface area contributed by atoms with Crippen LogP contribution in [0, 0.1) is 5.82 Å². The van der Waals surface area contributed by atoms with E-state index in [1.165, 1.54) is 17.1 Å². The van der Waals surface area contributed by atoms with E-state index in [1.807, 2.05) is 0 Å². The molecule has 0 unspecified atom stereocenters. The SMILES string of the molecule is CC(C)c1nc(-c2cncc(F)c2)sc1C(C)C. The Morgan fingerprint density at radius 2 is 1.83 bits per heavy atom. The van der Waals surface area contributed by atoms with E-state index in [9.17, 15) is 4.39 Å². The van der Waals surface area contributed by atoms with Gasteiger partial charge in [0, 0.05) is 16.6 Å². The van der Waals surface area contributed by atoms with Gasteiger partial charge >= 0.3 is 0 Å². The zero-order valence-corrected chi connectivity index (χ0v) is 11.9. The van der Waals surface area contributed by atoms with Crippen molar-refractivity contribution in [1.29, 1.82) is 0 Å². The molecule has 2 nitrogen and oxygen atoms in total. The number of thiazole rings is 1. The highest BCUT2D eigenvalue weighted by Gasteiger charge is 2.17. The van der Waals surface area contributed by atoms with E-state index in [0.717, 1.165) is 16.3 Å². The first kappa shape index (κ1) is 13.1. The van der Waals surface area contributed by atoms with Gasteiger partial charge in [0.15, 0.2) is 0 Å². The molecule has 0 saturated heterocycles. The van der Waals surface area contributed by atoms with E-state index >= 15 is 0 Å². The van der Waals surface area contributed by atoms with Gasteiger partial charge in [0.25, 0.3) is 0 Å². The second-order valence-corrected chi connectivity index (χ2v) is 6.00. The highest BCUT2D eigenvalue weighted by Crippen LogP contribution is 2.35. The molecule has 0 aliphatic carbocycles. The first-order valence-corrected chi connectivity index (χ1v) is 6.92. The Morgan fingerprint density at radius 1 is 1.11 bits per heavy atom. The fraction of sp³-hybridized carbons (Fsp3) is 0.429. The van der Waals surface area contributed by atoms with E-state index in [4.69, 9.17) is 0 Å². The molecule has 96 valence electrons. The van der Waals surface area contributed by atoms with Crippen molar-refractivity contribution in [3.8, 4) is 10.6 Å². The van der Waals surface area contributed by atoms with Crippen LogP contribution in [0.2, 0.25) is 0 Å². The Hall–Kier alpha value is -1.29. The molecule has 0 radical (unpaired) electrons. The maximum atomic E-state index is 13.2. The third-order valence-corrected chi connectivity index (χ3v) is 4.12. The number of hydrogen-bond donors (Lipinski definition) is 0. The standard InChI is InChI=1S/C14H17FN2S/c1-8(2)12-13(9(3)4)18-14(17-12)10-5-11(15)7-16-6-10/h5-9H,1-4H3. The molecular weight excluding hydrogens is 247 g/mol. The van der Waals surface area contributed by atoms with Crippen LogP contribution >= 0.6 is 11.3 Å². The normalized spacial score (nSPS) is 11.5. The minimum atomic E-state index is -0.320. The van der Waals surface area contributed by atoms with Gasteiger partial charge in [-0.25, -0.2) is 9.37 Å². The molecule has 4 heteroatoms. The van der Waals surface area contributed by atoms with Gasteiger partial charge in [0.05, 0.1) is 11.9 Å². The van der Waals surface area contributed by atoms with Gasteiger partial charge in [-0.2, -0.15) is 0 Å². The molecule has 0 aliphatic rings. The molecule has 0 N–H and O–H groups in total. The van der Waals surface area contributed by atoms with Gasteiger partial charge in [-0.15, -0.1) is 11.3 Å². The minimum Gasteiger partial charge on any atom is -0.261 e. The lowest BCUT2D eigenvalue weighted by molar-refractivity contribution is 0.622. The van der Waals surface area contributed by atoms with Crippen LogP contribution in [0.4, 0.5) is 4.39 Å². The van der Waals surface area contributed by atoms with Gasteiger partial charge < -0.3 is 0 Å². The van der Waals surface area contributed by atoms with E-state index in [2.05, 4.69) is 37.7 Å². The highest BCUT2D eigenvalue weighted by atomic mass is 32.1. The van der Waals surface area contributed by atoms with Crippen LogP contribution in [0.5, 0.6) is 0 Å². The van der Waals surface area contributed by atoms with E-state index in [0.29, 0.717) is 11.8 Å². The van der Waals surface area contributed by atoms with E-state index in [-0.39, 0.29) is 5.82 Å². The van der Waals surface area contributed by atoms with Crippen LogP contribution in [0.3, 0.4) is 0 Å². The Kier molecular flexibility index (Phi) is 3.76. The van der Waals surface area contributed by atoms with Gasteiger partial charge in [-0.05, 0) is 17.9 Å². The number of pyridine rings is 1. The molecule has 0 aromatic carbocycles. The summed E-state index contributed by atoms with van der Waals surface area (Å²) in [6.07, 6.45) is 2.87. The monoisotopic (exact) mass is 264 g/mol. The van der Waals surface area contributed by atoms with Crippen molar-refractivity contribution >= 4 is 11.3 Å². The predicted molar refractivity (Wildman–Crippen MR) is 73.5 cm³/mol. The molecule has 2 rings (SSSR count). The summed E-state index contributed by atoms with van der Waals surface area (Å²) in [6.45, 7) is 8.59. The first-order valence-electron chi connectivity index (χ1n) is 6.10. The van der Waals surface area contributed by atoms with Crippen molar-refractivity contribution < 1.29 is 4.39 Å². The number of hydrogen-bond acceptors (Lipinski definition) is 3. The molecule has 2 heterocycles. The Bertz CT molecular complexity index is 521. The third-order valence-electron chi connectivity index (χ3n) is 2.70. The lowest BCUT2D eigenvalue weighted by Crippen LogP contribution is -1.95. The first-order chi connectivity index (χ1) is 8.49. The zero-order chi connectivity index (χ0) is 13.3. The predicted octanol–water partition coefficient (Wildman–Crippen LogP) is 4.59. The number of aromatic nitrogens is 2. The van der Waals surface area contributed by atoms with E-state index in [1.54, 1.807) is 17.5 Å². The molecule has 2 aromatic heterocycles. The molecule has 0 fully saturated rings. The summed E-state index contributed by atoms with van der Waals surface area (Å²) in [6, 6.07) is 1.49. The van der Waals surface area contributed by atoms with Crippen LogP contribution in [-0.2, 0) is 0 Å². The quantitative estimate of drug-likeness (QED) is 0.810. The lowest BCUT2D eigenvalue weighted by Gasteiger charge is -2.07. The van der Waals surface area contributed by atoms with Gasteiger partial charge in [0.1, 0.15) is 10.8 Å². The second kappa shape index (κ2) is 5.14. The average Bonchev–Trinajstić information content (AvgIpc) is 2.73. The maximum Gasteiger partial charge on any atom is 0.142 e. The van der Waals surface area contributed by atoms with Crippen molar-refractivity contribution in [1.82, 2.24) is 9.97 Å². The fourth-order valence-corrected chi connectivity index (χ4v) is 3.03. The molecule has 0 saturated carbocycles. The van der Waals surface area contributed by atoms with Crippen LogP contribution < -0.4 is 0 Å². The second-order valence-electron chi connectivity index (χ2n) is 4.97. The Morgan fingerprint density at radius 3 is 2.33 bits per heavy atom. The Balaban J connectivity index is 2.50. The number of rotatable bonds is 3. The largest absolute Gasteiger partial charge is 0.261 e. The summed E-state index contributed by atoms with van der Waals surface area (Å²) in [7, 11) is 0. The van der Waals surface area contributed by atoms with E-state index < -0.39 is 0 Å². The molecule has 0 spiro atoms. The van der Waals surface area contributed by atoms with Crippen molar-refractivity contribution in [2.75, 3.05) is 0 Å². The van der Waals surface area contributed by atoms with Crippen molar-refractivity contribution in [2.24, 2.45) is 0 Å². The summed E-state index contributed by atoms with van der Waals surface area (Å²) < 4.78 is 13.2. The zero-order valence-electron chi connectivity index (χ0n) is 11.1. The summed E-state index contributed by atoms with van der Waals surface area (Å²) in [5.74, 6) is 0.504. The summed E-state index contributed by atoms with van der Waals surface area (Å²) >= 11 is 1.64. The summed E-state index contributed by atoms with van der Waals surface area (Å²) in [5.41, 5.74) is 1.88. The minimum absolute atomic E-state index is 0.320. The number of halogens is 1. The van der Waals surface area contributed by atoms with Gasteiger partial charge in [0.2, 0.25) is 0 Å². The van der Waals surface area contributed by atoms with Crippen molar-refractivity contribution in [2.45, 2.75) is 39.5 Å². The molecule has 0 atom stereocenters. The van der Waals surface area contributed by atoms with Crippen LogP contribution in [0.1, 0.15) is 50.1 Å². The Labute approximate surface area is 111 Å². The molecule has 0 bridgehead atoms. The van der Waals surface area contributed by atoms with Crippen molar-refractivity contribution in [3.05, 3.63) is 34.8 Å². The third kappa shape index (κ3) is 2.58. The molecule has 18 heavy (non-hydrogen) atoms. The van der Waals surface area contributed by atoms with Crippen LogP contribution in [0.15, 0.2) is 18.5 Å². The maximum absolute atomic E-state index is 13.2. The molecule has 2 aromatic rings. The topological polar surface area (TPSA) is 25.8 Å². The van der Waals surface area contributed by atoms with Gasteiger partial charge in [-0.1, -0.05) is 27.7 Å². The highest BCUT2D eigenvalue weighted by molar-refractivity contribution is 7.15. The molecule has 0 aliphatic heterocycles.